The molecule has 0 amide bonds. The molecule has 11 heteroatoms. The molecule has 7 atom stereocenters. The maximum Gasteiger partial charge on any atom is 0.307 e. The van der Waals surface area contributed by atoms with E-state index >= 15 is 0 Å². The van der Waals surface area contributed by atoms with Crippen molar-refractivity contribution in [3.05, 3.63) is 11.6 Å². The van der Waals surface area contributed by atoms with E-state index in [-0.39, 0.29) is 42.8 Å². The summed E-state index contributed by atoms with van der Waals surface area (Å²) in [5.41, 5.74) is -2.19. The number of fused-ring (bicyclic) bond motifs is 5. The number of carboxylic acids is 2. The lowest BCUT2D eigenvalue weighted by Gasteiger charge is -2.61. The van der Waals surface area contributed by atoms with Gasteiger partial charge in [0.2, 0.25) is 5.78 Å². The third kappa shape index (κ3) is 5.08. The molecule has 0 bridgehead atoms. The Labute approximate surface area is 232 Å². The Morgan fingerprint density at radius 3 is 2.20 bits per heavy atom. The molecule has 3 fully saturated rings. The van der Waals surface area contributed by atoms with Crippen LogP contribution in [0.15, 0.2) is 11.6 Å². The number of hydrogen-bond donors (Lipinski definition) is 3. The zero-order valence-electron chi connectivity index (χ0n) is 23.0. The maximum atomic E-state index is 13.4. The molecule has 4 aliphatic carbocycles. The Hall–Kier alpha value is -3.08. The van der Waals surface area contributed by atoms with Crippen LogP contribution in [0.1, 0.15) is 84.5 Å². The first kappa shape index (κ1) is 29.9. The summed E-state index contributed by atoms with van der Waals surface area (Å²) in [6.45, 7) is 3.02. The number of rotatable bonds is 10. The van der Waals surface area contributed by atoms with Crippen LogP contribution in [0.25, 0.3) is 0 Å². The van der Waals surface area contributed by atoms with Gasteiger partial charge in [-0.05, 0) is 61.9 Å². The van der Waals surface area contributed by atoms with Crippen LogP contribution >= 0.6 is 0 Å². The van der Waals surface area contributed by atoms with Gasteiger partial charge in [0.25, 0.3) is 0 Å². The molecule has 0 aromatic heterocycles. The van der Waals surface area contributed by atoms with E-state index in [2.05, 4.69) is 6.92 Å². The summed E-state index contributed by atoms with van der Waals surface area (Å²) >= 11 is 0. The first-order valence-corrected chi connectivity index (χ1v) is 14.0. The third-order valence-electron chi connectivity index (χ3n) is 10.2. The van der Waals surface area contributed by atoms with Crippen molar-refractivity contribution in [1.82, 2.24) is 0 Å². The zero-order valence-corrected chi connectivity index (χ0v) is 23.0. The third-order valence-corrected chi connectivity index (χ3v) is 10.2. The first-order valence-electron chi connectivity index (χ1n) is 14.0. The number of aliphatic hydroxyl groups excluding tert-OH is 1. The number of carbonyl (C=O) groups is 6. The minimum Gasteiger partial charge on any atom is -0.481 e. The fourth-order valence-electron chi connectivity index (χ4n) is 8.45. The van der Waals surface area contributed by atoms with Gasteiger partial charge in [0, 0.05) is 17.8 Å². The monoisotopic (exact) mass is 562 g/mol. The van der Waals surface area contributed by atoms with Gasteiger partial charge in [-0.2, -0.15) is 0 Å². The lowest BCUT2D eigenvalue weighted by molar-refractivity contribution is -0.209. The van der Waals surface area contributed by atoms with E-state index in [0.29, 0.717) is 32.1 Å². The molecule has 40 heavy (non-hydrogen) atoms. The topological polar surface area (TPSA) is 182 Å². The molecule has 0 aromatic rings. The molecule has 0 radical (unpaired) electrons. The number of esters is 2. The number of allylic oxidation sites excluding steroid dienone is 1. The van der Waals surface area contributed by atoms with Crippen LogP contribution in [-0.4, -0.2) is 69.1 Å². The van der Waals surface area contributed by atoms with Crippen molar-refractivity contribution in [2.45, 2.75) is 96.2 Å². The van der Waals surface area contributed by atoms with Crippen LogP contribution in [0.3, 0.4) is 0 Å². The molecular formula is C29H38O11. The highest BCUT2D eigenvalue weighted by Gasteiger charge is 2.71. The molecule has 3 N–H and O–H groups in total. The van der Waals surface area contributed by atoms with Crippen LogP contribution in [-0.2, 0) is 38.2 Å². The summed E-state index contributed by atoms with van der Waals surface area (Å²) in [5.74, 6) is -4.87. The molecule has 220 valence electrons. The molecule has 0 aromatic carbocycles. The SMILES string of the molecule is C[C@]12CCC(=O)C=C1CC[C@@H]1[C@@H]2[C@@H](OC(=O)CCC(=O)O)C[C@@]2(C)[C@H]1CC[C@]2(OC(=O)CCC(=O)O)C(=O)CO. The lowest BCUT2D eigenvalue weighted by Crippen LogP contribution is -2.63. The van der Waals surface area contributed by atoms with Crippen LogP contribution in [0, 0.1) is 28.6 Å². The average molecular weight is 563 g/mol. The van der Waals surface area contributed by atoms with E-state index in [4.69, 9.17) is 19.7 Å². The van der Waals surface area contributed by atoms with Crippen LogP contribution in [0.5, 0.6) is 0 Å². The number of ketones is 2. The van der Waals surface area contributed by atoms with E-state index in [1.165, 1.54) is 0 Å². The van der Waals surface area contributed by atoms with Gasteiger partial charge in [-0.3, -0.25) is 28.8 Å². The molecule has 0 saturated heterocycles. The van der Waals surface area contributed by atoms with Crippen molar-refractivity contribution in [3.8, 4) is 0 Å². The number of hydrogen-bond acceptors (Lipinski definition) is 9. The summed E-state index contributed by atoms with van der Waals surface area (Å²) < 4.78 is 11.9. The van der Waals surface area contributed by atoms with E-state index in [1.54, 1.807) is 6.08 Å². The van der Waals surface area contributed by atoms with Gasteiger partial charge in [-0.25, -0.2) is 0 Å². The highest BCUT2D eigenvalue weighted by atomic mass is 16.6. The van der Waals surface area contributed by atoms with E-state index in [0.717, 1.165) is 5.57 Å². The summed E-state index contributed by atoms with van der Waals surface area (Å²) in [6.07, 6.45) is 2.38. The number of carbonyl (C=O) groups excluding carboxylic acids is 4. The van der Waals surface area contributed by atoms with E-state index in [1.807, 2.05) is 6.92 Å². The minimum absolute atomic E-state index is 0.0579. The Kier molecular flexibility index (Phi) is 8.27. The molecule has 4 rings (SSSR count). The van der Waals surface area contributed by atoms with Crippen LogP contribution < -0.4 is 0 Å². The largest absolute Gasteiger partial charge is 0.481 e. The molecule has 0 spiro atoms. The van der Waals surface area contributed by atoms with Gasteiger partial charge in [0.1, 0.15) is 12.7 Å². The molecule has 0 heterocycles. The number of ether oxygens (including phenoxy) is 2. The van der Waals surface area contributed by atoms with Crippen molar-refractivity contribution in [3.63, 3.8) is 0 Å². The van der Waals surface area contributed by atoms with Gasteiger partial charge in [-0.1, -0.05) is 19.4 Å². The Morgan fingerprint density at radius 1 is 0.925 bits per heavy atom. The summed E-state index contributed by atoms with van der Waals surface area (Å²) in [6, 6.07) is 0. The molecule has 0 unspecified atom stereocenters. The average Bonchev–Trinajstić information content (AvgIpc) is 3.18. The zero-order chi connectivity index (χ0) is 29.5. The maximum absolute atomic E-state index is 13.4. The van der Waals surface area contributed by atoms with Gasteiger partial charge in [0.15, 0.2) is 11.4 Å². The first-order chi connectivity index (χ1) is 18.8. The minimum atomic E-state index is -1.72. The second-order valence-corrected chi connectivity index (χ2v) is 12.2. The summed E-state index contributed by atoms with van der Waals surface area (Å²) in [7, 11) is 0. The Balaban J connectivity index is 1.75. The standard InChI is InChI=1S/C29H38O11/c1-27-11-9-17(31)13-16(27)3-4-18-19-10-12-29(21(32)15-30,40-25(38)8-6-23(35)36)28(19,2)14-20(26(18)27)39-24(37)7-5-22(33)34/h13,18-20,26,30H,3-12,14-15H2,1-2H3,(H,33,34)(H,35,36)/t18-,19-,20-,26+,27-,28-,29-/m0/s1. The summed E-state index contributed by atoms with van der Waals surface area (Å²) in [4.78, 5) is 73.5. The fourth-order valence-corrected chi connectivity index (χ4v) is 8.45. The van der Waals surface area contributed by atoms with Crippen molar-refractivity contribution in [2.75, 3.05) is 6.61 Å². The normalized spacial score (nSPS) is 36.4. The second-order valence-electron chi connectivity index (χ2n) is 12.2. The van der Waals surface area contributed by atoms with E-state index in [9.17, 15) is 33.9 Å². The Morgan fingerprint density at radius 2 is 1.57 bits per heavy atom. The van der Waals surface area contributed by atoms with Crippen molar-refractivity contribution >= 4 is 35.4 Å². The van der Waals surface area contributed by atoms with E-state index < -0.39 is 78.1 Å². The van der Waals surface area contributed by atoms with Gasteiger partial charge < -0.3 is 24.8 Å². The number of aliphatic hydroxyl groups is 1. The van der Waals surface area contributed by atoms with Crippen molar-refractivity contribution in [1.29, 1.82) is 0 Å². The molecule has 11 nitrogen and oxygen atoms in total. The van der Waals surface area contributed by atoms with Gasteiger partial charge >= 0.3 is 23.9 Å². The van der Waals surface area contributed by atoms with Crippen LogP contribution in [0.2, 0.25) is 0 Å². The fraction of sp³-hybridized carbons (Fsp3) is 0.724. The van der Waals surface area contributed by atoms with Gasteiger partial charge in [-0.15, -0.1) is 0 Å². The van der Waals surface area contributed by atoms with Crippen molar-refractivity contribution < 1.29 is 53.6 Å². The number of aliphatic carboxylic acids is 2. The predicted molar refractivity (Wildman–Crippen MR) is 137 cm³/mol. The smallest absolute Gasteiger partial charge is 0.307 e. The van der Waals surface area contributed by atoms with Crippen LogP contribution in [0.4, 0.5) is 0 Å². The lowest BCUT2D eigenvalue weighted by atomic mass is 9.45. The Bertz CT molecular complexity index is 1140. The molecular weight excluding hydrogens is 524 g/mol. The highest BCUT2D eigenvalue weighted by molar-refractivity contribution is 5.93. The highest BCUT2D eigenvalue weighted by Crippen LogP contribution is 2.69. The van der Waals surface area contributed by atoms with Gasteiger partial charge in [0.05, 0.1) is 25.7 Å². The molecule has 4 aliphatic rings. The summed E-state index contributed by atoms with van der Waals surface area (Å²) in [5, 5.41) is 28.0. The molecule has 0 aliphatic heterocycles. The number of Topliss-reactive ketones (excluding diaryl/α,β-unsaturated/α-hetero) is 1. The predicted octanol–water partition coefficient (Wildman–Crippen LogP) is 2.61. The number of carboxylic acid groups (broad SMARTS) is 2. The van der Waals surface area contributed by atoms with Crippen molar-refractivity contribution in [2.24, 2.45) is 28.6 Å². The quantitative estimate of drug-likeness (QED) is 0.333. The second kappa shape index (κ2) is 11.1. The molecule has 3 saturated carbocycles.